The van der Waals surface area contributed by atoms with Gasteiger partial charge in [0, 0.05) is 44.5 Å². The third-order valence-corrected chi connectivity index (χ3v) is 4.53. The molecule has 2 aliphatic rings. The minimum atomic E-state index is -0.0529. The first-order valence-corrected chi connectivity index (χ1v) is 7.67. The standard InChI is InChI=1S/C16H17BrN2O/c1-2-13-3-5-14(6-4-13)12-19-9-7-16(8-10-19)11-15(17)18-20-16/h1,3-6H,7-12H2. The number of piperidine rings is 1. The maximum absolute atomic E-state index is 5.61. The van der Waals surface area contributed by atoms with E-state index in [4.69, 9.17) is 11.3 Å². The number of likely N-dealkylation sites (tertiary alicyclic amines) is 1. The Morgan fingerprint density at radius 3 is 2.55 bits per heavy atom. The lowest BCUT2D eigenvalue weighted by Crippen LogP contribution is -2.44. The molecule has 1 aromatic rings. The summed E-state index contributed by atoms with van der Waals surface area (Å²) in [6, 6.07) is 8.24. The first kappa shape index (κ1) is 13.7. The molecule has 0 saturated carbocycles. The molecule has 3 rings (SSSR count). The normalized spacial score (nSPS) is 21.3. The number of oxime groups is 1. The number of hydrogen-bond donors (Lipinski definition) is 0. The van der Waals surface area contributed by atoms with E-state index in [2.05, 4.69) is 44.0 Å². The van der Waals surface area contributed by atoms with Crippen LogP contribution in [0.5, 0.6) is 0 Å². The van der Waals surface area contributed by atoms with Crippen LogP contribution in [0.25, 0.3) is 0 Å². The van der Waals surface area contributed by atoms with Gasteiger partial charge in [-0.25, -0.2) is 0 Å². The third-order valence-electron chi connectivity index (χ3n) is 4.10. The molecule has 0 N–H and O–H groups in total. The molecule has 104 valence electrons. The molecule has 0 unspecified atom stereocenters. The Labute approximate surface area is 128 Å². The van der Waals surface area contributed by atoms with E-state index in [1.165, 1.54) is 5.56 Å². The summed E-state index contributed by atoms with van der Waals surface area (Å²) >= 11 is 3.43. The average molecular weight is 333 g/mol. The Morgan fingerprint density at radius 2 is 2.00 bits per heavy atom. The third kappa shape index (κ3) is 2.89. The van der Waals surface area contributed by atoms with Crippen molar-refractivity contribution in [1.29, 1.82) is 0 Å². The Morgan fingerprint density at radius 1 is 1.30 bits per heavy atom. The van der Waals surface area contributed by atoms with Crippen LogP contribution in [0.1, 0.15) is 30.4 Å². The zero-order chi connectivity index (χ0) is 14.0. The molecule has 1 saturated heterocycles. The second kappa shape index (κ2) is 5.59. The van der Waals surface area contributed by atoms with Crippen LogP contribution in [0.2, 0.25) is 0 Å². The summed E-state index contributed by atoms with van der Waals surface area (Å²) in [6.07, 6.45) is 8.36. The van der Waals surface area contributed by atoms with Crippen molar-refractivity contribution in [1.82, 2.24) is 4.90 Å². The van der Waals surface area contributed by atoms with Gasteiger partial charge in [0.2, 0.25) is 0 Å². The molecule has 1 aromatic carbocycles. The number of halogens is 1. The Hall–Kier alpha value is -1.31. The van der Waals surface area contributed by atoms with Gasteiger partial charge in [-0.2, -0.15) is 0 Å². The van der Waals surface area contributed by atoms with Crippen LogP contribution < -0.4 is 0 Å². The molecule has 2 heterocycles. The van der Waals surface area contributed by atoms with Gasteiger partial charge in [0.25, 0.3) is 0 Å². The highest BCUT2D eigenvalue weighted by atomic mass is 79.9. The van der Waals surface area contributed by atoms with Crippen molar-refractivity contribution in [2.75, 3.05) is 13.1 Å². The van der Waals surface area contributed by atoms with Gasteiger partial charge in [-0.15, -0.1) is 6.42 Å². The van der Waals surface area contributed by atoms with Crippen LogP contribution >= 0.6 is 15.9 Å². The molecule has 0 aliphatic carbocycles. The van der Waals surface area contributed by atoms with Crippen molar-refractivity contribution >= 4 is 20.6 Å². The van der Waals surface area contributed by atoms with Crippen LogP contribution in [0.4, 0.5) is 0 Å². The van der Waals surface area contributed by atoms with E-state index >= 15 is 0 Å². The number of nitrogens with zero attached hydrogens (tertiary/aromatic N) is 2. The predicted octanol–water partition coefficient (Wildman–Crippen LogP) is 3.13. The van der Waals surface area contributed by atoms with Crippen molar-refractivity contribution in [2.45, 2.75) is 31.4 Å². The minimum absolute atomic E-state index is 0.0529. The fraction of sp³-hybridized carbons (Fsp3) is 0.438. The van der Waals surface area contributed by atoms with Gasteiger partial charge in [0.05, 0.1) is 0 Å². The average Bonchev–Trinajstić information content (AvgIpc) is 2.84. The van der Waals surface area contributed by atoms with Gasteiger partial charge >= 0.3 is 0 Å². The molecular formula is C16H17BrN2O. The van der Waals surface area contributed by atoms with Crippen molar-refractivity contribution in [3.63, 3.8) is 0 Å². The van der Waals surface area contributed by atoms with Crippen molar-refractivity contribution in [3.8, 4) is 12.3 Å². The summed E-state index contributed by atoms with van der Waals surface area (Å²) in [6.45, 7) is 3.07. The molecule has 20 heavy (non-hydrogen) atoms. The number of rotatable bonds is 2. The minimum Gasteiger partial charge on any atom is -0.388 e. The highest BCUT2D eigenvalue weighted by Gasteiger charge is 2.41. The lowest BCUT2D eigenvalue weighted by molar-refractivity contribution is -0.0627. The maximum atomic E-state index is 5.61. The van der Waals surface area contributed by atoms with E-state index in [0.29, 0.717) is 0 Å². The topological polar surface area (TPSA) is 24.8 Å². The smallest absolute Gasteiger partial charge is 0.146 e. The van der Waals surface area contributed by atoms with Gasteiger partial charge < -0.3 is 4.84 Å². The first-order chi connectivity index (χ1) is 9.69. The second-order valence-corrected chi connectivity index (χ2v) is 6.45. The summed E-state index contributed by atoms with van der Waals surface area (Å²) < 4.78 is 0.941. The Kier molecular flexibility index (Phi) is 3.82. The van der Waals surface area contributed by atoms with E-state index < -0.39 is 0 Å². The fourth-order valence-corrected chi connectivity index (χ4v) is 3.41. The van der Waals surface area contributed by atoms with Crippen LogP contribution in [-0.2, 0) is 11.4 Å². The predicted molar refractivity (Wildman–Crippen MR) is 83.7 cm³/mol. The Bertz CT molecular complexity index is 551. The SMILES string of the molecule is C#Cc1ccc(CN2CCC3(CC2)CC(Br)=NO3)cc1. The molecule has 0 radical (unpaired) electrons. The van der Waals surface area contributed by atoms with Crippen molar-refractivity contribution in [2.24, 2.45) is 5.16 Å². The van der Waals surface area contributed by atoms with Crippen LogP contribution in [0.3, 0.4) is 0 Å². The second-order valence-electron chi connectivity index (χ2n) is 5.54. The molecular weight excluding hydrogens is 316 g/mol. The summed E-state index contributed by atoms with van der Waals surface area (Å²) in [4.78, 5) is 8.08. The molecule has 2 aliphatic heterocycles. The van der Waals surface area contributed by atoms with Crippen molar-refractivity contribution in [3.05, 3.63) is 35.4 Å². The maximum Gasteiger partial charge on any atom is 0.146 e. The molecule has 0 amide bonds. The van der Waals surface area contributed by atoms with Crippen molar-refractivity contribution < 1.29 is 4.84 Å². The molecule has 1 spiro atoms. The van der Waals surface area contributed by atoms with Gasteiger partial charge in [-0.05, 0) is 33.6 Å². The number of hydrogen-bond acceptors (Lipinski definition) is 3. The molecule has 4 heteroatoms. The number of terminal acetylenes is 1. The lowest BCUT2D eigenvalue weighted by atomic mass is 9.89. The monoisotopic (exact) mass is 332 g/mol. The summed E-state index contributed by atoms with van der Waals surface area (Å²) in [5, 5.41) is 4.04. The molecule has 0 aromatic heterocycles. The first-order valence-electron chi connectivity index (χ1n) is 6.88. The van der Waals surface area contributed by atoms with Crippen LogP contribution in [0.15, 0.2) is 29.4 Å². The summed E-state index contributed by atoms with van der Waals surface area (Å²) in [5.74, 6) is 2.65. The van der Waals surface area contributed by atoms with E-state index in [1.807, 2.05) is 12.1 Å². The van der Waals surface area contributed by atoms with Gasteiger partial charge in [-0.1, -0.05) is 23.2 Å². The van der Waals surface area contributed by atoms with E-state index in [-0.39, 0.29) is 5.60 Å². The molecule has 0 atom stereocenters. The molecule has 1 fully saturated rings. The number of benzene rings is 1. The largest absolute Gasteiger partial charge is 0.388 e. The Balaban J connectivity index is 1.55. The van der Waals surface area contributed by atoms with Crippen LogP contribution in [0, 0.1) is 12.3 Å². The van der Waals surface area contributed by atoms with Crippen LogP contribution in [-0.4, -0.2) is 28.2 Å². The van der Waals surface area contributed by atoms with Gasteiger partial charge in [0.1, 0.15) is 10.2 Å². The zero-order valence-corrected chi connectivity index (χ0v) is 12.9. The summed E-state index contributed by atoms with van der Waals surface area (Å²) in [7, 11) is 0. The van der Waals surface area contributed by atoms with Gasteiger partial charge in [-0.3, -0.25) is 4.90 Å². The van der Waals surface area contributed by atoms with E-state index in [1.54, 1.807) is 0 Å². The van der Waals surface area contributed by atoms with E-state index in [9.17, 15) is 0 Å². The molecule has 3 nitrogen and oxygen atoms in total. The fourth-order valence-electron chi connectivity index (χ4n) is 2.83. The highest BCUT2D eigenvalue weighted by molar-refractivity contribution is 9.18. The van der Waals surface area contributed by atoms with E-state index in [0.717, 1.165) is 49.1 Å². The zero-order valence-electron chi connectivity index (χ0n) is 11.3. The molecule has 0 bridgehead atoms. The summed E-state index contributed by atoms with van der Waals surface area (Å²) in [5.41, 5.74) is 2.19. The quantitative estimate of drug-likeness (QED) is 0.777. The lowest BCUT2D eigenvalue weighted by Gasteiger charge is -2.37. The highest BCUT2D eigenvalue weighted by Crippen LogP contribution is 2.36. The van der Waals surface area contributed by atoms with Gasteiger partial charge in [0.15, 0.2) is 0 Å².